The number of hydrogen-bond acceptors (Lipinski definition) is 7. The molecule has 0 saturated carbocycles. The molecule has 0 atom stereocenters. The van der Waals surface area contributed by atoms with Gasteiger partial charge in [0.2, 0.25) is 5.01 Å². The van der Waals surface area contributed by atoms with Gasteiger partial charge >= 0.3 is 0 Å². The molecule has 0 unspecified atom stereocenters. The fraction of sp³-hybridized carbons (Fsp3) is 0.238. The molecule has 0 spiro atoms. The first-order valence-corrected chi connectivity index (χ1v) is 10.3. The maximum absolute atomic E-state index is 12.5. The molecule has 2 heterocycles. The molecule has 2 amide bonds. The van der Waals surface area contributed by atoms with Gasteiger partial charge in [0.15, 0.2) is 5.01 Å². The summed E-state index contributed by atoms with van der Waals surface area (Å²) in [5, 5.41) is 11.6. The van der Waals surface area contributed by atoms with E-state index in [0.717, 1.165) is 5.75 Å². The zero-order valence-electron chi connectivity index (χ0n) is 16.1. The van der Waals surface area contributed by atoms with Crippen LogP contribution in [0.3, 0.4) is 0 Å². The summed E-state index contributed by atoms with van der Waals surface area (Å²) in [6.07, 6.45) is 0. The number of amides is 2. The second-order valence-corrected chi connectivity index (χ2v) is 7.60. The second-order valence-electron chi connectivity index (χ2n) is 6.54. The Labute approximate surface area is 177 Å². The van der Waals surface area contributed by atoms with E-state index in [1.165, 1.54) is 11.3 Å². The smallest absolute Gasteiger partial charge is 0.286 e. The highest BCUT2D eigenvalue weighted by molar-refractivity contribution is 7.13. The van der Waals surface area contributed by atoms with Crippen LogP contribution in [0.5, 0.6) is 5.75 Å². The lowest BCUT2D eigenvalue weighted by atomic mass is 10.1. The number of hydrogen-bond donors (Lipinski definition) is 1. The summed E-state index contributed by atoms with van der Waals surface area (Å²) >= 11 is 1.17. The third kappa shape index (κ3) is 5.00. The Hall–Kier alpha value is -3.30. The third-order valence-electron chi connectivity index (χ3n) is 4.45. The van der Waals surface area contributed by atoms with Gasteiger partial charge in [0.05, 0.1) is 13.2 Å². The fourth-order valence-corrected chi connectivity index (χ4v) is 3.54. The van der Waals surface area contributed by atoms with Crippen molar-refractivity contribution in [1.29, 1.82) is 0 Å². The summed E-state index contributed by atoms with van der Waals surface area (Å²) in [6, 6.07) is 16.2. The summed E-state index contributed by atoms with van der Waals surface area (Å²) < 4.78 is 10.9. The van der Waals surface area contributed by atoms with Gasteiger partial charge in [-0.2, -0.15) is 0 Å². The molecule has 1 fully saturated rings. The van der Waals surface area contributed by atoms with Crippen LogP contribution < -0.4 is 10.1 Å². The van der Waals surface area contributed by atoms with Gasteiger partial charge in [-0.05, 0) is 36.4 Å². The van der Waals surface area contributed by atoms with Crippen LogP contribution in [-0.2, 0) is 11.3 Å². The Kier molecular flexibility index (Phi) is 6.31. The van der Waals surface area contributed by atoms with Crippen molar-refractivity contribution in [2.24, 2.45) is 0 Å². The van der Waals surface area contributed by atoms with Crippen LogP contribution in [0.2, 0.25) is 0 Å². The molecule has 1 aliphatic heterocycles. The maximum atomic E-state index is 12.5. The first-order chi connectivity index (χ1) is 14.7. The van der Waals surface area contributed by atoms with E-state index in [4.69, 9.17) is 9.47 Å². The SMILES string of the molecule is O=C(Nc1ccc(C(=O)N2CCOCC2)cc1)c1nnc(COc2ccccc2)s1. The molecule has 8 nitrogen and oxygen atoms in total. The fourth-order valence-electron chi connectivity index (χ4n) is 2.90. The van der Waals surface area contributed by atoms with E-state index in [2.05, 4.69) is 15.5 Å². The number of carbonyl (C=O) groups excluding carboxylic acids is 2. The van der Waals surface area contributed by atoms with Crippen molar-refractivity contribution in [3.05, 3.63) is 70.2 Å². The lowest BCUT2D eigenvalue weighted by Crippen LogP contribution is -2.40. The molecule has 1 aliphatic rings. The molecule has 2 aromatic carbocycles. The zero-order chi connectivity index (χ0) is 20.8. The number of aromatic nitrogens is 2. The Morgan fingerprint density at radius 3 is 2.50 bits per heavy atom. The molecule has 0 radical (unpaired) electrons. The second kappa shape index (κ2) is 9.47. The van der Waals surface area contributed by atoms with E-state index in [1.807, 2.05) is 30.3 Å². The normalized spacial score (nSPS) is 13.7. The van der Waals surface area contributed by atoms with Crippen molar-refractivity contribution in [3.8, 4) is 5.75 Å². The van der Waals surface area contributed by atoms with Crippen LogP contribution in [-0.4, -0.2) is 53.2 Å². The van der Waals surface area contributed by atoms with E-state index >= 15 is 0 Å². The molecule has 30 heavy (non-hydrogen) atoms. The molecule has 0 aliphatic carbocycles. The minimum absolute atomic E-state index is 0.0386. The Morgan fingerprint density at radius 1 is 1.03 bits per heavy atom. The van der Waals surface area contributed by atoms with Crippen molar-refractivity contribution in [2.75, 3.05) is 31.6 Å². The van der Waals surface area contributed by atoms with E-state index < -0.39 is 0 Å². The number of benzene rings is 2. The Morgan fingerprint density at radius 2 is 1.77 bits per heavy atom. The van der Waals surface area contributed by atoms with Gasteiger partial charge in [0.25, 0.3) is 11.8 Å². The Bertz CT molecular complexity index is 1000. The van der Waals surface area contributed by atoms with Crippen LogP contribution in [0.4, 0.5) is 5.69 Å². The van der Waals surface area contributed by atoms with Gasteiger partial charge in [0, 0.05) is 24.3 Å². The van der Waals surface area contributed by atoms with Crippen molar-refractivity contribution in [1.82, 2.24) is 15.1 Å². The van der Waals surface area contributed by atoms with Crippen molar-refractivity contribution in [3.63, 3.8) is 0 Å². The molecule has 0 bridgehead atoms. The van der Waals surface area contributed by atoms with Gasteiger partial charge in [0.1, 0.15) is 12.4 Å². The van der Waals surface area contributed by atoms with Gasteiger partial charge < -0.3 is 19.7 Å². The van der Waals surface area contributed by atoms with Crippen LogP contribution in [0.25, 0.3) is 0 Å². The number of para-hydroxylation sites is 1. The highest BCUT2D eigenvalue weighted by Crippen LogP contribution is 2.17. The largest absolute Gasteiger partial charge is 0.486 e. The van der Waals surface area contributed by atoms with E-state index in [1.54, 1.807) is 29.2 Å². The summed E-state index contributed by atoms with van der Waals surface area (Å²) in [4.78, 5) is 26.7. The van der Waals surface area contributed by atoms with Crippen LogP contribution in [0.1, 0.15) is 25.2 Å². The minimum atomic E-state index is -0.356. The highest BCUT2D eigenvalue weighted by Gasteiger charge is 2.19. The van der Waals surface area contributed by atoms with E-state index in [0.29, 0.717) is 42.6 Å². The van der Waals surface area contributed by atoms with Crippen molar-refractivity contribution in [2.45, 2.75) is 6.61 Å². The number of ether oxygens (including phenoxy) is 2. The van der Waals surface area contributed by atoms with Crippen LogP contribution in [0.15, 0.2) is 54.6 Å². The topological polar surface area (TPSA) is 93.7 Å². The third-order valence-corrected chi connectivity index (χ3v) is 5.35. The lowest BCUT2D eigenvalue weighted by Gasteiger charge is -2.26. The first kappa shape index (κ1) is 20.0. The average Bonchev–Trinajstić information content (AvgIpc) is 3.28. The molecule has 1 aromatic heterocycles. The quantitative estimate of drug-likeness (QED) is 0.654. The minimum Gasteiger partial charge on any atom is -0.486 e. The van der Waals surface area contributed by atoms with Gasteiger partial charge in [-0.15, -0.1) is 10.2 Å². The van der Waals surface area contributed by atoms with E-state index in [-0.39, 0.29) is 23.4 Å². The predicted molar refractivity (Wildman–Crippen MR) is 112 cm³/mol. The first-order valence-electron chi connectivity index (χ1n) is 9.48. The van der Waals surface area contributed by atoms with Crippen LogP contribution in [0, 0.1) is 0 Å². The molecule has 1 saturated heterocycles. The van der Waals surface area contributed by atoms with E-state index in [9.17, 15) is 9.59 Å². The van der Waals surface area contributed by atoms with Crippen molar-refractivity contribution >= 4 is 28.8 Å². The number of morpholine rings is 1. The molecule has 9 heteroatoms. The van der Waals surface area contributed by atoms with Gasteiger partial charge in [-0.3, -0.25) is 9.59 Å². The molecule has 154 valence electrons. The number of rotatable bonds is 6. The maximum Gasteiger partial charge on any atom is 0.286 e. The van der Waals surface area contributed by atoms with Gasteiger partial charge in [-0.25, -0.2) is 0 Å². The summed E-state index contributed by atoms with van der Waals surface area (Å²) in [6.45, 7) is 2.53. The highest BCUT2D eigenvalue weighted by atomic mass is 32.1. The standard InChI is InChI=1S/C21H20N4O4S/c26-19(20-24-23-18(30-20)14-29-17-4-2-1-3-5-17)22-16-8-6-15(7-9-16)21(27)25-10-12-28-13-11-25/h1-9H,10-14H2,(H,22,26). The number of nitrogens with one attached hydrogen (secondary N) is 1. The number of carbonyl (C=O) groups is 2. The molecular formula is C21H20N4O4S. The summed E-state index contributed by atoms with van der Waals surface area (Å²) in [5.74, 6) is 0.333. The Balaban J connectivity index is 1.32. The monoisotopic (exact) mass is 424 g/mol. The van der Waals surface area contributed by atoms with Crippen LogP contribution >= 0.6 is 11.3 Å². The number of anilines is 1. The summed E-state index contributed by atoms with van der Waals surface area (Å²) in [5.41, 5.74) is 1.15. The summed E-state index contributed by atoms with van der Waals surface area (Å²) in [7, 11) is 0. The van der Waals surface area contributed by atoms with Crippen molar-refractivity contribution < 1.29 is 19.1 Å². The predicted octanol–water partition coefficient (Wildman–Crippen LogP) is 2.84. The van der Waals surface area contributed by atoms with Gasteiger partial charge in [-0.1, -0.05) is 29.5 Å². The number of nitrogens with zero attached hydrogens (tertiary/aromatic N) is 3. The molecule has 4 rings (SSSR count). The molecule has 3 aromatic rings. The lowest BCUT2D eigenvalue weighted by molar-refractivity contribution is 0.0303. The molecule has 1 N–H and O–H groups in total. The molecular weight excluding hydrogens is 404 g/mol. The zero-order valence-corrected chi connectivity index (χ0v) is 16.9. The average molecular weight is 424 g/mol.